The molecule has 4 atom stereocenters. The Labute approximate surface area is 304 Å². The van der Waals surface area contributed by atoms with E-state index >= 15 is 0 Å². The van der Waals surface area contributed by atoms with E-state index in [2.05, 4.69) is 78.3 Å². The number of fused-ring (bicyclic) bond motifs is 2. The summed E-state index contributed by atoms with van der Waals surface area (Å²) < 4.78 is 0. The smallest absolute Gasteiger partial charge is 0.242 e. The van der Waals surface area contributed by atoms with Crippen molar-refractivity contribution in [1.29, 1.82) is 0 Å². The molecule has 0 aliphatic rings. The van der Waals surface area contributed by atoms with Gasteiger partial charge in [0.15, 0.2) is 0 Å². The molecule has 0 saturated carbocycles. The van der Waals surface area contributed by atoms with Gasteiger partial charge in [0.1, 0.15) is 6.04 Å². The van der Waals surface area contributed by atoms with Gasteiger partial charge >= 0.3 is 0 Å². The molecule has 8 nitrogen and oxygen atoms in total. The zero-order valence-corrected chi connectivity index (χ0v) is 30.9. The van der Waals surface area contributed by atoms with Crippen molar-refractivity contribution < 1.29 is 19.5 Å². The Morgan fingerprint density at radius 3 is 1.86 bits per heavy atom. The molecule has 0 aliphatic carbocycles. The summed E-state index contributed by atoms with van der Waals surface area (Å²) in [4.78, 5) is 41.2. The highest BCUT2D eigenvalue weighted by Crippen LogP contribution is 2.27. The number of nitrogens with one attached hydrogen (secondary N) is 3. The molecular formula is C43H58N4O4. The van der Waals surface area contributed by atoms with Crippen LogP contribution in [0.3, 0.4) is 0 Å². The number of unbranched alkanes of at least 4 members (excludes halogenated alkanes) is 1. The van der Waals surface area contributed by atoms with Crippen LogP contribution in [0.5, 0.6) is 0 Å². The summed E-state index contributed by atoms with van der Waals surface area (Å²) in [5.74, 6) is -0.779. The Hall–Kier alpha value is -4.27. The van der Waals surface area contributed by atoms with Crippen molar-refractivity contribution in [2.45, 2.75) is 97.2 Å². The van der Waals surface area contributed by atoms with E-state index in [-0.39, 0.29) is 30.1 Å². The maximum absolute atomic E-state index is 14.4. The van der Waals surface area contributed by atoms with Crippen molar-refractivity contribution in [3.63, 3.8) is 0 Å². The lowest BCUT2D eigenvalue weighted by Crippen LogP contribution is -2.54. The summed E-state index contributed by atoms with van der Waals surface area (Å²) in [6, 6.07) is 27.3. The van der Waals surface area contributed by atoms with E-state index in [9.17, 15) is 19.5 Å². The fourth-order valence-electron chi connectivity index (χ4n) is 6.72. The molecule has 8 heteroatoms. The topological polar surface area (TPSA) is 134 Å². The van der Waals surface area contributed by atoms with E-state index in [1.54, 1.807) is 0 Å². The van der Waals surface area contributed by atoms with Crippen LogP contribution in [-0.4, -0.2) is 54.1 Å². The SMILES string of the molecule is CCC(C)CNC(=O)C[C@H](O)[C@H](CC(C)C)NC(=O)[C@H](CCCCN)NC(=O)C(Cc1cccc2ccccc12)Cc1cccc2ccccc12. The number of carbonyl (C=O) groups is 3. The van der Waals surface area contributed by atoms with Gasteiger partial charge in [-0.05, 0) is 89.6 Å². The third kappa shape index (κ3) is 11.9. The number of amides is 3. The molecule has 51 heavy (non-hydrogen) atoms. The molecule has 0 fully saturated rings. The standard InChI is InChI=1S/C43H58N4O4/c1-5-30(4)28-45-41(49)27-40(48)39(24-29(2)3)47-43(51)38(22-10-11-23-44)46-42(50)35(25-33-18-12-16-31-14-6-8-20-36(31)33)26-34-19-13-17-32-15-7-9-21-37(32)34/h6-9,12-21,29-30,35,38-40,48H,5,10-11,22-28,44H2,1-4H3,(H,45,49)(H,46,50)(H,47,51)/t30?,38-,39-,40-/m0/s1. The predicted octanol–water partition coefficient (Wildman–Crippen LogP) is 6.45. The summed E-state index contributed by atoms with van der Waals surface area (Å²) in [7, 11) is 0. The molecule has 0 aromatic heterocycles. The van der Waals surface area contributed by atoms with Crippen LogP contribution in [-0.2, 0) is 27.2 Å². The van der Waals surface area contributed by atoms with Crippen molar-refractivity contribution in [2.24, 2.45) is 23.5 Å². The van der Waals surface area contributed by atoms with Crippen LogP contribution < -0.4 is 21.7 Å². The third-order valence-corrected chi connectivity index (χ3v) is 9.90. The number of rotatable bonds is 20. The summed E-state index contributed by atoms with van der Waals surface area (Å²) in [6.07, 6.45) is 3.00. The van der Waals surface area contributed by atoms with Crippen LogP contribution in [0.25, 0.3) is 21.5 Å². The molecule has 3 amide bonds. The highest BCUT2D eigenvalue weighted by molar-refractivity contribution is 5.91. The molecule has 0 spiro atoms. The Morgan fingerprint density at radius 2 is 1.31 bits per heavy atom. The van der Waals surface area contributed by atoms with Gasteiger partial charge in [0.25, 0.3) is 0 Å². The average molecular weight is 695 g/mol. The zero-order chi connectivity index (χ0) is 36.8. The minimum atomic E-state index is -1.07. The van der Waals surface area contributed by atoms with Crippen molar-refractivity contribution in [2.75, 3.05) is 13.1 Å². The van der Waals surface area contributed by atoms with Gasteiger partial charge in [-0.1, -0.05) is 119 Å². The quantitative estimate of drug-likeness (QED) is 0.0679. The fourth-order valence-corrected chi connectivity index (χ4v) is 6.72. The highest BCUT2D eigenvalue weighted by atomic mass is 16.3. The van der Waals surface area contributed by atoms with Gasteiger partial charge in [-0.15, -0.1) is 0 Å². The first-order valence-electron chi connectivity index (χ1n) is 18.8. The van der Waals surface area contributed by atoms with Gasteiger partial charge in [0, 0.05) is 12.5 Å². The van der Waals surface area contributed by atoms with Crippen molar-refractivity contribution in [3.8, 4) is 0 Å². The average Bonchev–Trinajstić information content (AvgIpc) is 3.12. The lowest BCUT2D eigenvalue weighted by atomic mass is 9.87. The molecular weight excluding hydrogens is 636 g/mol. The van der Waals surface area contributed by atoms with Crippen LogP contribution in [0, 0.1) is 17.8 Å². The molecule has 274 valence electrons. The number of hydrogen-bond acceptors (Lipinski definition) is 5. The molecule has 4 aromatic rings. The Balaban J connectivity index is 1.59. The number of aliphatic hydroxyl groups is 1. The third-order valence-electron chi connectivity index (χ3n) is 9.90. The zero-order valence-electron chi connectivity index (χ0n) is 30.9. The van der Waals surface area contributed by atoms with E-state index in [4.69, 9.17) is 5.73 Å². The number of benzene rings is 4. The second kappa shape index (κ2) is 19.9. The second-order valence-corrected chi connectivity index (χ2v) is 14.6. The van der Waals surface area contributed by atoms with E-state index in [1.165, 1.54) is 0 Å². The minimum absolute atomic E-state index is 0.115. The molecule has 0 radical (unpaired) electrons. The summed E-state index contributed by atoms with van der Waals surface area (Å²) in [5.41, 5.74) is 7.96. The van der Waals surface area contributed by atoms with Gasteiger partial charge in [-0.3, -0.25) is 14.4 Å². The molecule has 0 bridgehead atoms. The van der Waals surface area contributed by atoms with Gasteiger partial charge in [0.05, 0.1) is 18.6 Å². The first-order chi connectivity index (χ1) is 24.6. The van der Waals surface area contributed by atoms with Crippen LogP contribution in [0.1, 0.15) is 77.3 Å². The summed E-state index contributed by atoms with van der Waals surface area (Å²) in [5, 5.41) is 24.7. The summed E-state index contributed by atoms with van der Waals surface area (Å²) >= 11 is 0. The normalized spacial score (nSPS) is 14.0. The highest BCUT2D eigenvalue weighted by Gasteiger charge is 2.31. The molecule has 0 aliphatic heterocycles. The predicted molar refractivity (Wildman–Crippen MR) is 208 cm³/mol. The Kier molecular flexibility index (Phi) is 15.5. The molecule has 0 heterocycles. The maximum atomic E-state index is 14.4. The van der Waals surface area contributed by atoms with Gasteiger partial charge in [-0.2, -0.15) is 0 Å². The van der Waals surface area contributed by atoms with Crippen molar-refractivity contribution in [3.05, 3.63) is 96.1 Å². The molecule has 6 N–H and O–H groups in total. The van der Waals surface area contributed by atoms with Crippen LogP contribution in [0.2, 0.25) is 0 Å². The molecule has 1 unspecified atom stereocenters. The van der Waals surface area contributed by atoms with Crippen LogP contribution >= 0.6 is 0 Å². The van der Waals surface area contributed by atoms with E-state index < -0.39 is 24.1 Å². The van der Waals surface area contributed by atoms with E-state index in [1.807, 2.05) is 50.2 Å². The van der Waals surface area contributed by atoms with Gasteiger partial charge < -0.3 is 26.8 Å². The lowest BCUT2D eigenvalue weighted by molar-refractivity contribution is -0.132. The minimum Gasteiger partial charge on any atom is -0.390 e. The molecule has 4 rings (SSSR count). The van der Waals surface area contributed by atoms with Crippen LogP contribution in [0.4, 0.5) is 0 Å². The largest absolute Gasteiger partial charge is 0.390 e. The monoisotopic (exact) mass is 694 g/mol. The first-order valence-corrected chi connectivity index (χ1v) is 18.8. The van der Waals surface area contributed by atoms with Gasteiger partial charge in [-0.25, -0.2) is 0 Å². The molecule has 0 saturated heterocycles. The van der Waals surface area contributed by atoms with E-state index in [0.29, 0.717) is 57.5 Å². The fraction of sp³-hybridized carbons (Fsp3) is 0.465. The number of aliphatic hydroxyl groups excluding tert-OH is 1. The Bertz CT molecular complexity index is 1630. The maximum Gasteiger partial charge on any atom is 0.242 e. The number of carbonyl (C=O) groups excluding carboxylic acids is 3. The lowest BCUT2D eigenvalue weighted by Gasteiger charge is -2.29. The number of nitrogens with two attached hydrogens (primary N) is 1. The van der Waals surface area contributed by atoms with Crippen molar-refractivity contribution in [1.82, 2.24) is 16.0 Å². The first kappa shape index (κ1) is 39.5. The second-order valence-electron chi connectivity index (χ2n) is 14.6. The van der Waals surface area contributed by atoms with Crippen LogP contribution in [0.15, 0.2) is 84.9 Å². The van der Waals surface area contributed by atoms with Crippen molar-refractivity contribution >= 4 is 39.3 Å². The van der Waals surface area contributed by atoms with E-state index in [0.717, 1.165) is 39.1 Å². The molecule has 4 aromatic carbocycles. The number of hydrogen-bond donors (Lipinski definition) is 5. The van der Waals surface area contributed by atoms with Gasteiger partial charge in [0.2, 0.25) is 17.7 Å². The Morgan fingerprint density at radius 1 is 0.745 bits per heavy atom. The summed E-state index contributed by atoms with van der Waals surface area (Å²) in [6.45, 7) is 9.18.